The fraction of sp³-hybridized carbons (Fsp3) is 0.111. The molecular weight excluding hydrogens is 578 g/mol. The van der Waals surface area contributed by atoms with Crippen LogP contribution in [0.25, 0.3) is 6.08 Å². The van der Waals surface area contributed by atoms with Crippen molar-refractivity contribution < 1.29 is 31.5 Å². The van der Waals surface area contributed by atoms with E-state index in [9.17, 15) is 26.7 Å². The van der Waals surface area contributed by atoms with Crippen LogP contribution in [0.4, 0.5) is 27.6 Å². The monoisotopic (exact) mass is 586 g/mol. The van der Waals surface area contributed by atoms with Crippen LogP contribution in [0.1, 0.15) is 12.5 Å². The van der Waals surface area contributed by atoms with Crippen molar-refractivity contribution in [3.05, 3.63) is 60.4 Å². The molecule has 152 valence electrons. The van der Waals surface area contributed by atoms with E-state index < -0.39 is 40.7 Å². The number of hydrazone groups is 1. The Morgan fingerprint density at radius 1 is 1.07 bits per heavy atom. The van der Waals surface area contributed by atoms with Gasteiger partial charge in [0.1, 0.15) is 11.4 Å². The Hall–Kier alpha value is -2.02. The van der Waals surface area contributed by atoms with Gasteiger partial charge in [0, 0.05) is 0 Å². The average molecular weight is 587 g/mol. The minimum atomic E-state index is -2.32. The van der Waals surface area contributed by atoms with Crippen LogP contribution in [0.15, 0.2) is 27.3 Å². The highest BCUT2D eigenvalue weighted by Gasteiger charge is 2.37. The lowest BCUT2D eigenvalue weighted by Crippen LogP contribution is -2.25. The van der Waals surface area contributed by atoms with Gasteiger partial charge in [-0.15, -0.1) is 0 Å². The highest BCUT2D eigenvalue weighted by molar-refractivity contribution is 14.1. The van der Waals surface area contributed by atoms with Crippen molar-refractivity contribution in [1.82, 2.24) is 0 Å². The van der Waals surface area contributed by atoms with Crippen molar-refractivity contribution in [2.75, 3.05) is 12.1 Å². The Kier molecular flexibility index (Phi) is 5.99. The number of anilines is 1. The molecule has 29 heavy (non-hydrogen) atoms. The van der Waals surface area contributed by atoms with Gasteiger partial charge in [0.2, 0.25) is 5.82 Å². The van der Waals surface area contributed by atoms with Gasteiger partial charge in [-0.25, -0.2) is 22.0 Å². The van der Waals surface area contributed by atoms with E-state index in [0.717, 1.165) is 0 Å². The summed E-state index contributed by atoms with van der Waals surface area (Å²) in [6, 6.07) is 3.31. The second-order valence-corrected chi connectivity index (χ2v) is 7.81. The number of nitrogens with zero attached hydrogens (tertiary/aromatic N) is 2. The van der Waals surface area contributed by atoms with Crippen LogP contribution in [-0.4, -0.2) is 18.7 Å². The molecule has 0 aromatic heterocycles. The first-order valence-electron chi connectivity index (χ1n) is 7.74. The van der Waals surface area contributed by atoms with Crippen molar-refractivity contribution >= 4 is 61.9 Å². The van der Waals surface area contributed by atoms with E-state index in [1.807, 2.05) is 22.6 Å². The Labute approximate surface area is 183 Å². The first-order valence-corrected chi connectivity index (χ1v) is 9.61. The summed E-state index contributed by atoms with van der Waals surface area (Å²) in [4.78, 5) is 12.7. The van der Waals surface area contributed by atoms with Crippen LogP contribution in [0, 0.1) is 32.7 Å². The Balaban J connectivity index is 2.09. The van der Waals surface area contributed by atoms with Crippen LogP contribution in [0.2, 0.25) is 0 Å². The first kappa shape index (κ1) is 21.7. The highest BCUT2D eigenvalue weighted by Crippen LogP contribution is 2.35. The molecule has 1 aliphatic rings. The van der Waals surface area contributed by atoms with Crippen LogP contribution >= 0.6 is 38.5 Å². The van der Waals surface area contributed by atoms with Gasteiger partial charge in [-0.2, -0.15) is 10.1 Å². The predicted molar refractivity (Wildman–Crippen MR) is 108 cm³/mol. The number of benzene rings is 2. The molecule has 2 aromatic rings. The van der Waals surface area contributed by atoms with Gasteiger partial charge in [0.15, 0.2) is 23.3 Å². The molecule has 11 heteroatoms. The SMILES string of the molecule is COc1c(Br)cc(/C=C2/C(=O)N(c3c(F)c(F)c(F)c(F)c3F)N=C2C)cc1I. The maximum Gasteiger partial charge on any atom is 0.280 e. The summed E-state index contributed by atoms with van der Waals surface area (Å²) in [5, 5.41) is 3.86. The maximum atomic E-state index is 14.1. The van der Waals surface area contributed by atoms with Gasteiger partial charge in [-0.05, 0) is 69.2 Å². The van der Waals surface area contributed by atoms with Gasteiger partial charge >= 0.3 is 0 Å². The molecule has 0 atom stereocenters. The summed E-state index contributed by atoms with van der Waals surface area (Å²) in [7, 11) is 1.49. The number of carbonyl (C=O) groups is 1. The third kappa shape index (κ3) is 3.65. The van der Waals surface area contributed by atoms with Crippen molar-refractivity contribution in [2.45, 2.75) is 6.92 Å². The lowest BCUT2D eigenvalue weighted by Gasteiger charge is -2.15. The molecule has 4 nitrogen and oxygen atoms in total. The molecule has 0 bridgehead atoms. The van der Waals surface area contributed by atoms with E-state index in [1.165, 1.54) is 20.1 Å². The fourth-order valence-electron chi connectivity index (χ4n) is 2.64. The van der Waals surface area contributed by atoms with Crippen molar-refractivity contribution in [1.29, 1.82) is 0 Å². The molecule has 1 heterocycles. The zero-order valence-corrected chi connectivity index (χ0v) is 18.3. The molecule has 0 N–H and O–H groups in total. The van der Waals surface area contributed by atoms with Gasteiger partial charge in [0.25, 0.3) is 5.91 Å². The van der Waals surface area contributed by atoms with E-state index in [0.29, 0.717) is 19.4 Å². The quantitative estimate of drug-likeness (QED) is 0.155. The third-order valence-electron chi connectivity index (χ3n) is 4.00. The largest absolute Gasteiger partial charge is 0.494 e. The molecule has 2 aromatic carbocycles. The number of carbonyl (C=O) groups excluding carboxylic acids is 1. The van der Waals surface area contributed by atoms with Crippen LogP contribution in [0.3, 0.4) is 0 Å². The van der Waals surface area contributed by atoms with Gasteiger partial charge in [-0.3, -0.25) is 4.79 Å². The molecule has 0 saturated carbocycles. The molecular formula is C18H9BrF5IN2O2. The fourth-order valence-corrected chi connectivity index (χ4v) is 4.52. The molecule has 1 amide bonds. The van der Waals surface area contributed by atoms with Crippen LogP contribution in [0.5, 0.6) is 5.75 Å². The predicted octanol–water partition coefficient (Wildman–Crippen LogP) is 5.56. The van der Waals surface area contributed by atoms with Crippen molar-refractivity contribution in [2.24, 2.45) is 5.10 Å². The number of amides is 1. The normalized spacial score (nSPS) is 15.3. The summed E-state index contributed by atoms with van der Waals surface area (Å²) < 4.78 is 74.9. The summed E-state index contributed by atoms with van der Waals surface area (Å²) in [6.45, 7) is 1.37. The molecule has 0 radical (unpaired) electrons. The van der Waals surface area contributed by atoms with Crippen molar-refractivity contribution in [3.8, 4) is 5.75 Å². The maximum absolute atomic E-state index is 14.1. The molecule has 0 unspecified atom stereocenters. The van der Waals surface area contributed by atoms with Crippen LogP contribution < -0.4 is 9.75 Å². The Morgan fingerprint density at radius 2 is 1.62 bits per heavy atom. The topological polar surface area (TPSA) is 41.9 Å². The summed E-state index contributed by atoms with van der Waals surface area (Å²) >= 11 is 5.34. The summed E-state index contributed by atoms with van der Waals surface area (Å²) in [6.07, 6.45) is 1.39. The minimum absolute atomic E-state index is 0.0425. The van der Waals surface area contributed by atoms with Gasteiger partial charge < -0.3 is 4.74 Å². The number of rotatable bonds is 3. The molecule has 0 fully saturated rings. The van der Waals surface area contributed by atoms with E-state index in [1.54, 1.807) is 12.1 Å². The van der Waals surface area contributed by atoms with Crippen molar-refractivity contribution in [3.63, 3.8) is 0 Å². The van der Waals surface area contributed by atoms with E-state index >= 15 is 0 Å². The lowest BCUT2D eigenvalue weighted by molar-refractivity contribution is -0.114. The third-order valence-corrected chi connectivity index (χ3v) is 5.39. The summed E-state index contributed by atoms with van der Waals surface area (Å²) in [5.41, 5.74) is -0.929. The highest BCUT2D eigenvalue weighted by atomic mass is 127. The minimum Gasteiger partial charge on any atom is -0.494 e. The molecule has 3 rings (SSSR count). The zero-order chi connectivity index (χ0) is 21.6. The molecule has 0 aliphatic carbocycles. The number of ether oxygens (including phenoxy) is 1. The second-order valence-electron chi connectivity index (χ2n) is 5.80. The number of halogens is 7. The van der Waals surface area contributed by atoms with E-state index in [-0.39, 0.29) is 16.3 Å². The van der Waals surface area contributed by atoms with E-state index in [4.69, 9.17) is 4.74 Å². The average Bonchev–Trinajstić information content (AvgIpc) is 2.93. The van der Waals surface area contributed by atoms with Gasteiger partial charge in [0.05, 0.1) is 26.4 Å². The Morgan fingerprint density at radius 3 is 2.14 bits per heavy atom. The molecule has 0 spiro atoms. The number of methoxy groups -OCH3 is 1. The smallest absolute Gasteiger partial charge is 0.280 e. The lowest BCUT2D eigenvalue weighted by atomic mass is 10.1. The van der Waals surface area contributed by atoms with E-state index in [2.05, 4.69) is 21.0 Å². The number of hydrogen-bond donors (Lipinski definition) is 0. The van der Waals surface area contributed by atoms with Gasteiger partial charge in [-0.1, -0.05) is 0 Å². The summed E-state index contributed by atoms with van der Waals surface area (Å²) in [5.74, 6) is -11.4. The molecule has 1 aliphatic heterocycles. The first-order chi connectivity index (χ1) is 13.6. The molecule has 0 saturated heterocycles. The standard InChI is InChI=1S/C18H9BrF5IN2O2/c1-6-8(3-7-4-9(19)17(29-2)10(25)5-7)18(28)27(26-6)16-14(23)12(21)11(20)13(22)15(16)24/h3-5H,1-2H3/b8-3+. The Bertz CT molecular complexity index is 1070. The van der Waals surface area contributed by atoms with Crippen LogP contribution in [-0.2, 0) is 4.79 Å². The second kappa shape index (κ2) is 8.01. The zero-order valence-electron chi connectivity index (χ0n) is 14.6. The number of hydrogen-bond acceptors (Lipinski definition) is 3.